The minimum Gasteiger partial charge on any atom is -0.496 e. The third-order valence-corrected chi connectivity index (χ3v) is 6.44. The van der Waals surface area contributed by atoms with Crippen LogP contribution in [-0.2, 0) is 14.3 Å². The number of fused-ring (bicyclic) bond motifs is 1. The number of imide groups is 1. The number of carbonyl (C=O) groups excluding carboxylic acids is 3. The van der Waals surface area contributed by atoms with Gasteiger partial charge in [-0.2, -0.15) is 0 Å². The molecule has 8 heteroatoms. The number of hydrogen-bond acceptors (Lipinski definition) is 7. The monoisotopic (exact) mass is 458 g/mol. The van der Waals surface area contributed by atoms with Crippen molar-refractivity contribution in [3.63, 3.8) is 0 Å². The molecule has 0 bridgehead atoms. The normalized spacial score (nSPS) is 18.7. The molecule has 0 N–H and O–H groups in total. The summed E-state index contributed by atoms with van der Waals surface area (Å²) in [6, 6.07) is 4.00. The van der Waals surface area contributed by atoms with Crippen LogP contribution in [-0.4, -0.2) is 54.4 Å². The number of rotatable bonds is 7. The second-order valence-electron chi connectivity index (χ2n) is 8.32. The van der Waals surface area contributed by atoms with E-state index in [1.807, 2.05) is 12.1 Å². The molecule has 1 aromatic carbocycles. The van der Waals surface area contributed by atoms with Crippen LogP contribution < -0.4 is 9.64 Å². The number of anilines is 1. The van der Waals surface area contributed by atoms with Crippen molar-refractivity contribution in [2.45, 2.75) is 46.6 Å². The number of nitrogens with zero attached hydrogens (tertiary/aromatic N) is 2. The molecule has 1 aromatic rings. The molecule has 32 heavy (non-hydrogen) atoms. The molecule has 0 aromatic heterocycles. The van der Waals surface area contributed by atoms with Gasteiger partial charge in [-0.1, -0.05) is 13.0 Å². The van der Waals surface area contributed by atoms with E-state index in [0.29, 0.717) is 11.3 Å². The zero-order chi connectivity index (χ0) is 23.6. The smallest absolute Gasteiger partial charge is 0.326 e. The molecular weight excluding hydrogens is 428 g/mol. The molecule has 1 fully saturated rings. The van der Waals surface area contributed by atoms with Gasteiger partial charge in [0.15, 0.2) is 0 Å². The Morgan fingerprint density at radius 2 is 1.94 bits per heavy atom. The maximum absolute atomic E-state index is 12.8. The van der Waals surface area contributed by atoms with Crippen LogP contribution >= 0.6 is 11.8 Å². The van der Waals surface area contributed by atoms with Crippen LogP contribution in [0.4, 0.5) is 10.5 Å². The van der Waals surface area contributed by atoms with Gasteiger partial charge in [-0.05, 0) is 63.6 Å². The minimum atomic E-state index is -0.609. The fraction of sp³-hybridized carbons (Fsp3) is 0.458. The predicted molar refractivity (Wildman–Crippen MR) is 128 cm³/mol. The molecule has 7 nitrogen and oxygen atoms in total. The van der Waals surface area contributed by atoms with Gasteiger partial charge < -0.3 is 14.4 Å². The molecule has 2 heterocycles. The van der Waals surface area contributed by atoms with E-state index in [4.69, 9.17) is 9.47 Å². The molecule has 0 atom stereocenters. The Kier molecular flexibility index (Phi) is 7.03. The molecule has 0 radical (unpaired) electrons. The van der Waals surface area contributed by atoms with E-state index < -0.39 is 17.1 Å². The fourth-order valence-corrected chi connectivity index (χ4v) is 4.99. The lowest BCUT2D eigenvalue weighted by Crippen LogP contribution is -2.45. The number of carbonyl (C=O) groups is 3. The number of esters is 1. The van der Waals surface area contributed by atoms with E-state index >= 15 is 0 Å². The largest absolute Gasteiger partial charge is 0.496 e. The van der Waals surface area contributed by atoms with Gasteiger partial charge in [0.05, 0.1) is 24.2 Å². The Balaban J connectivity index is 2.00. The Labute approximate surface area is 193 Å². The first-order valence-electron chi connectivity index (χ1n) is 10.7. The minimum absolute atomic E-state index is 0.130. The molecule has 0 spiro atoms. The number of allylic oxidation sites excluding steroid dienone is 1. The van der Waals surface area contributed by atoms with Crippen LogP contribution in [0, 0.1) is 0 Å². The molecule has 1 saturated heterocycles. The van der Waals surface area contributed by atoms with Gasteiger partial charge >= 0.3 is 5.97 Å². The maximum atomic E-state index is 12.8. The Morgan fingerprint density at radius 3 is 2.56 bits per heavy atom. The zero-order valence-corrected chi connectivity index (χ0v) is 20.3. The maximum Gasteiger partial charge on any atom is 0.326 e. The highest BCUT2D eigenvalue weighted by Gasteiger charge is 2.37. The van der Waals surface area contributed by atoms with Gasteiger partial charge in [-0.15, -0.1) is 0 Å². The summed E-state index contributed by atoms with van der Waals surface area (Å²) < 4.78 is 10.5. The Morgan fingerprint density at radius 1 is 1.22 bits per heavy atom. The number of hydrogen-bond donors (Lipinski definition) is 0. The second kappa shape index (κ2) is 9.40. The number of amides is 2. The van der Waals surface area contributed by atoms with Crippen molar-refractivity contribution in [3.8, 4) is 5.75 Å². The zero-order valence-electron chi connectivity index (χ0n) is 19.5. The first-order valence-corrected chi connectivity index (χ1v) is 11.5. The summed E-state index contributed by atoms with van der Waals surface area (Å²) in [5.74, 6) is -0.497. The summed E-state index contributed by atoms with van der Waals surface area (Å²) in [5.41, 5.74) is 3.87. The predicted octanol–water partition coefficient (Wildman–Crippen LogP) is 4.71. The van der Waals surface area contributed by atoms with E-state index in [0.717, 1.165) is 46.5 Å². The van der Waals surface area contributed by atoms with E-state index in [1.54, 1.807) is 20.1 Å². The highest BCUT2D eigenvalue weighted by Crippen LogP contribution is 2.43. The molecule has 0 saturated carbocycles. The molecule has 0 unspecified atom stereocenters. The number of thioether (sulfide) groups is 1. The van der Waals surface area contributed by atoms with Crippen molar-refractivity contribution < 1.29 is 23.9 Å². The van der Waals surface area contributed by atoms with E-state index in [1.165, 1.54) is 0 Å². The molecule has 3 rings (SSSR count). The van der Waals surface area contributed by atoms with Crippen LogP contribution in [0.25, 0.3) is 11.6 Å². The summed E-state index contributed by atoms with van der Waals surface area (Å²) in [6.07, 6.45) is 4.91. The van der Waals surface area contributed by atoms with Crippen molar-refractivity contribution in [1.29, 1.82) is 0 Å². The third kappa shape index (κ3) is 4.55. The van der Waals surface area contributed by atoms with Gasteiger partial charge in [0.2, 0.25) is 0 Å². The Bertz CT molecular complexity index is 1010. The van der Waals surface area contributed by atoms with Crippen molar-refractivity contribution in [1.82, 2.24) is 4.90 Å². The standard InChI is InChI=1S/C24H30N2O5S/c1-7-9-26-18-12-19(30-6)16(10-17(18)15(3)13-24(26,4)5)11-20-22(28)25(23(29)32-20)14-21(27)31-8-2/h10-13H,7-9,14H2,1-6H3/b20-11-. The molecule has 2 amide bonds. The molecular formula is C24H30N2O5S. The summed E-state index contributed by atoms with van der Waals surface area (Å²) >= 11 is 0.813. The number of ether oxygens (including phenoxy) is 2. The number of methoxy groups -OCH3 is 1. The molecule has 2 aliphatic heterocycles. The van der Waals surface area contributed by atoms with Crippen LogP contribution in [0.2, 0.25) is 0 Å². The van der Waals surface area contributed by atoms with Gasteiger partial charge in [-0.25, -0.2) is 0 Å². The molecule has 2 aliphatic rings. The van der Waals surface area contributed by atoms with Crippen LogP contribution in [0.5, 0.6) is 5.75 Å². The Hall–Kier alpha value is -2.74. The van der Waals surface area contributed by atoms with Crippen LogP contribution in [0.3, 0.4) is 0 Å². The second-order valence-corrected chi connectivity index (χ2v) is 9.31. The lowest BCUT2D eigenvalue weighted by Gasteiger charge is -2.43. The van der Waals surface area contributed by atoms with Gasteiger partial charge in [0, 0.05) is 29.4 Å². The van der Waals surface area contributed by atoms with E-state index in [-0.39, 0.29) is 23.6 Å². The number of benzene rings is 1. The molecule has 0 aliphatic carbocycles. The topological polar surface area (TPSA) is 76.2 Å². The van der Waals surface area contributed by atoms with Crippen molar-refractivity contribution in [2.24, 2.45) is 0 Å². The summed E-state index contributed by atoms with van der Waals surface area (Å²) in [6.45, 7) is 11.0. The highest BCUT2D eigenvalue weighted by molar-refractivity contribution is 8.18. The molecule has 172 valence electrons. The van der Waals surface area contributed by atoms with Crippen molar-refractivity contribution in [2.75, 3.05) is 31.7 Å². The average Bonchev–Trinajstić information content (AvgIpc) is 2.98. The van der Waals surface area contributed by atoms with E-state index in [9.17, 15) is 14.4 Å². The summed E-state index contributed by atoms with van der Waals surface area (Å²) in [7, 11) is 1.59. The SMILES string of the molecule is CCCN1c2cc(OC)c(/C=C3\SC(=O)N(CC(=O)OCC)C3=O)cc2C(C)=CC1(C)C. The van der Waals surface area contributed by atoms with Gasteiger partial charge in [0.25, 0.3) is 11.1 Å². The quantitative estimate of drug-likeness (QED) is 0.433. The lowest BCUT2D eigenvalue weighted by atomic mass is 9.87. The highest BCUT2D eigenvalue weighted by atomic mass is 32.2. The van der Waals surface area contributed by atoms with Crippen molar-refractivity contribution in [3.05, 3.63) is 34.2 Å². The van der Waals surface area contributed by atoms with Crippen LogP contribution in [0.15, 0.2) is 23.1 Å². The van der Waals surface area contributed by atoms with E-state index in [2.05, 4.69) is 38.7 Å². The first kappa shape index (κ1) is 23.9. The summed E-state index contributed by atoms with van der Waals surface area (Å²) in [5, 5.41) is -0.488. The summed E-state index contributed by atoms with van der Waals surface area (Å²) in [4.78, 5) is 40.4. The third-order valence-electron chi connectivity index (χ3n) is 5.53. The first-order chi connectivity index (χ1) is 15.1. The average molecular weight is 459 g/mol. The van der Waals surface area contributed by atoms with Crippen LogP contribution in [0.1, 0.15) is 52.2 Å². The fourth-order valence-electron chi connectivity index (χ4n) is 4.16. The van der Waals surface area contributed by atoms with Gasteiger partial charge in [0.1, 0.15) is 12.3 Å². The lowest BCUT2D eigenvalue weighted by molar-refractivity contribution is -0.145. The van der Waals surface area contributed by atoms with Gasteiger partial charge in [-0.3, -0.25) is 19.3 Å². The van der Waals surface area contributed by atoms with Crippen molar-refractivity contribution >= 4 is 46.2 Å².